The fraction of sp³-hybridized carbons (Fsp3) is 0.0545. The molecule has 10 rings (SSSR count). The van der Waals surface area contributed by atoms with Crippen molar-refractivity contribution >= 4 is 46.0 Å². The third-order valence-corrected chi connectivity index (χ3v) is 11.4. The van der Waals surface area contributed by atoms with Crippen LogP contribution in [0.4, 0.5) is 22.7 Å². The van der Waals surface area contributed by atoms with Crippen molar-refractivity contribution in [2.45, 2.75) is 19.3 Å². The molecular weight excluding hydrogens is 703 g/mol. The zero-order chi connectivity index (χ0) is 38.8. The maximum absolute atomic E-state index is 7.26. The van der Waals surface area contributed by atoms with Crippen molar-refractivity contribution in [3.63, 3.8) is 0 Å². The second-order valence-electron chi connectivity index (χ2n) is 15.0. The molecule has 0 bridgehead atoms. The van der Waals surface area contributed by atoms with E-state index < -0.39 is 0 Å². The quantitative estimate of drug-likeness (QED) is 0.165. The van der Waals surface area contributed by atoms with E-state index in [0.717, 1.165) is 69.7 Å². The summed E-state index contributed by atoms with van der Waals surface area (Å²) in [6, 6.07) is 63.0. The van der Waals surface area contributed by atoms with Crippen molar-refractivity contribution in [1.82, 2.24) is 0 Å². The van der Waals surface area contributed by atoms with Crippen LogP contribution in [-0.2, 0) is 6.42 Å². The maximum atomic E-state index is 7.26. The van der Waals surface area contributed by atoms with Crippen LogP contribution in [0.1, 0.15) is 40.7 Å². The van der Waals surface area contributed by atoms with Gasteiger partial charge < -0.3 is 10.6 Å². The lowest BCUT2D eigenvalue weighted by atomic mass is 9.90. The van der Waals surface area contributed by atoms with Crippen molar-refractivity contribution in [2.75, 3.05) is 9.80 Å². The molecule has 0 saturated heterocycles. The molecule has 0 saturated carbocycles. The van der Waals surface area contributed by atoms with Gasteiger partial charge in [0, 0.05) is 22.5 Å². The summed E-state index contributed by atoms with van der Waals surface area (Å²) in [6.07, 6.45) is 16.5. The van der Waals surface area contributed by atoms with Gasteiger partial charge in [0.05, 0.1) is 17.1 Å². The van der Waals surface area contributed by atoms with Gasteiger partial charge >= 0.3 is 0 Å². The molecule has 278 valence electrons. The van der Waals surface area contributed by atoms with Gasteiger partial charge in [0.15, 0.2) is 0 Å². The molecular formula is C55H43N3. The van der Waals surface area contributed by atoms with E-state index in [-0.39, 0.29) is 0 Å². The third-order valence-electron chi connectivity index (χ3n) is 11.4. The van der Waals surface area contributed by atoms with Gasteiger partial charge in [0.1, 0.15) is 5.82 Å². The largest absolute Gasteiger partial charge is 0.385 e. The van der Waals surface area contributed by atoms with Crippen LogP contribution in [0, 0.1) is 0 Å². The molecule has 7 aromatic carbocycles. The minimum atomic E-state index is 0.654. The van der Waals surface area contributed by atoms with E-state index in [1.807, 2.05) is 0 Å². The number of nitrogens with zero attached hydrogens (tertiary/aromatic N) is 2. The van der Waals surface area contributed by atoms with Gasteiger partial charge in [-0.15, -0.1) is 0 Å². The number of nitrogens with two attached hydrogens (primary N) is 1. The lowest BCUT2D eigenvalue weighted by Crippen LogP contribution is -2.23. The summed E-state index contributed by atoms with van der Waals surface area (Å²) >= 11 is 0. The van der Waals surface area contributed by atoms with Gasteiger partial charge in [0.25, 0.3) is 0 Å². The molecule has 1 aliphatic carbocycles. The SMILES string of the molecule is N/C(=C\C(=C/Cc1ccccc1)c1ccccc1)N1c2ccccc2C=Cc2cc(-c3ccc4c(c3)-c3ccccc3C3=CCCC=C3N4c3ccccc3)ccc21. The molecule has 0 fully saturated rings. The molecule has 0 amide bonds. The Morgan fingerprint density at radius 1 is 0.534 bits per heavy atom. The second kappa shape index (κ2) is 15.3. The van der Waals surface area contributed by atoms with Crippen LogP contribution >= 0.6 is 0 Å². The molecule has 2 N–H and O–H groups in total. The first-order valence-electron chi connectivity index (χ1n) is 20.2. The smallest absolute Gasteiger partial charge is 0.108 e. The first-order valence-corrected chi connectivity index (χ1v) is 20.2. The first kappa shape index (κ1) is 35.1. The fourth-order valence-corrected chi connectivity index (χ4v) is 8.63. The van der Waals surface area contributed by atoms with Crippen LogP contribution in [-0.4, -0.2) is 0 Å². The summed E-state index contributed by atoms with van der Waals surface area (Å²) in [6.45, 7) is 0. The Balaban J connectivity index is 1.09. The van der Waals surface area contributed by atoms with Crippen LogP contribution in [0.2, 0.25) is 0 Å². The zero-order valence-corrected chi connectivity index (χ0v) is 32.3. The van der Waals surface area contributed by atoms with Crippen LogP contribution < -0.4 is 15.5 Å². The summed E-state index contributed by atoms with van der Waals surface area (Å²) in [7, 11) is 0. The predicted octanol–water partition coefficient (Wildman–Crippen LogP) is 14.0. The lowest BCUT2D eigenvalue weighted by molar-refractivity contribution is 1.01. The Morgan fingerprint density at radius 2 is 1.16 bits per heavy atom. The number of hydrogen-bond acceptors (Lipinski definition) is 3. The summed E-state index contributed by atoms with van der Waals surface area (Å²) in [4.78, 5) is 4.66. The molecule has 0 aromatic heterocycles. The van der Waals surface area contributed by atoms with Crippen LogP contribution in [0.15, 0.2) is 212 Å². The molecule has 3 nitrogen and oxygen atoms in total. The number of fused-ring (bicyclic) bond motifs is 7. The Morgan fingerprint density at radius 3 is 1.97 bits per heavy atom. The van der Waals surface area contributed by atoms with Crippen molar-refractivity contribution < 1.29 is 0 Å². The normalized spacial score (nSPS) is 14.5. The highest BCUT2D eigenvalue weighted by Crippen LogP contribution is 2.50. The average molecular weight is 746 g/mol. The highest BCUT2D eigenvalue weighted by molar-refractivity contribution is 6.02. The van der Waals surface area contributed by atoms with Gasteiger partial charge in [-0.25, -0.2) is 0 Å². The summed E-state index contributed by atoms with van der Waals surface area (Å²) in [5, 5.41) is 0. The van der Waals surface area contributed by atoms with Crippen molar-refractivity contribution in [3.8, 4) is 22.3 Å². The molecule has 2 heterocycles. The highest BCUT2D eigenvalue weighted by Gasteiger charge is 2.29. The van der Waals surface area contributed by atoms with E-state index in [2.05, 4.69) is 222 Å². The number of allylic oxidation sites excluding steroid dienone is 6. The fourth-order valence-electron chi connectivity index (χ4n) is 8.63. The maximum Gasteiger partial charge on any atom is 0.108 e. The van der Waals surface area contributed by atoms with Gasteiger partial charge in [-0.1, -0.05) is 164 Å². The molecule has 58 heavy (non-hydrogen) atoms. The van der Waals surface area contributed by atoms with Gasteiger partial charge in [-0.05, 0) is 118 Å². The van der Waals surface area contributed by atoms with E-state index in [0.29, 0.717) is 5.82 Å². The molecule has 7 aromatic rings. The molecule has 3 heteroatoms. The number of hydrogen-bond donors (Lipinski definition) is 1. The predicted molar refractivity (Wildman–Crippen MR) is 246 cm³/mol. The van der Waals surface area contributed by atoms with E-state index >= 15 is 0 Å². The van der Waals surface area contributed by atoms with Crippen LogP contribution in [0.3, 0.4) is 0 Å². The Labute approximate surface area is 341 Å². The molecule has 2 aliphatic heterocycles. The first-order chi connectivity index (χ1) is 28.7. The van der Waals surface area contributed by atoms with E-state index in [4.69, 9.17) is 5.73 Å². The Bertz CT molecular complexity index is 2810. The second-order valence-corrected chi connectivity index (χ2v) is 15.0. The molecule has 0 atom stereocenters. The molecule has 0 unspecified atom stereocenters. The average Bonchev–Trinajstić information content (AvgIpc) is 3.53. The number of para-hydroxylation sites is 2. The monoisotopic (exact) mass is 745 g/mol. The summed E-state index contributed by atoms with van der Waals surface area (Å²) in [5.41, 5.74) is 26.0. The summed E-state index contributed by atoms with van der Waals surface area (Å²) < 4.78 is 0. The number of rotatable bonds is 7. The topological polar surface area (TPSA) is 32.5 Å². The van der Waals surface area contributed by atoms with E-state index in [1.165, 1.54) is 39.2 Å². The van der Waals surface area contributed by atoms with Crippen LogP contribution in [0.5, 0.6) is 0 Å². The van der Waals surface area contributed by atoms with Gasteiger partial charge in [-0.2, -0.15) is 0 Å². The standard InChI is InChI=1S/C55H43N3/c56-55(38-44(40-18-6-2-7-19-40)29-28-39-16-4-1-5-17-39)58-51-26-14-10-20-41(51)30-31-45-36-42(32-34-52(45)58)43-33-35-54-50(37-43)48-24-12-11-23-47(48)49-25-13-15-27-53(49)57(54)46-21-8-3-9-22-46/h1-12,14,16-27,29-38H,13,15,28,56H2/b44-29+,55-38+. The van der Waals surface area contributed by atoms with E-state index in [1.54, 1.807) is 0 Å². The molecule has 0 spiro atoms. The minimum Gasteiger partial charge on any atom is -0.385 e. The Hall–Kier alpha value is -7.36. The van der Waals surface area contributed by atoms with Gasteiger partial charge in [-0.3, -0.25) is 4.90 Å². The van der Waals surface area contributed by atoms with Crippen molar-refractivity contribution in [2.24, 2.45) is 5.73 Å². The Kier molecular flexibility index (Phi) is 9.25. The number of benzene rings is 7. The third kappa shape index (κ3) is 6.57. The van der Waals surface area contributed by atoms with Crippen molar-refractivity contribution in [1.29, 1.82) is 0 Å². The van der Waals surface area contributed by atoms with Crippen molar-refractivity contribution in [3.05, 3.63) is 240 Å². The summed E-state index contributed by atoms with van der Waals surface area (Å²) in [5.74, 6) is 0.654. The minimum absolute atomic E-state index is 0.654. The molecule has 3 aliphatic rings. The van der Waals surface area contributed by atoms with E-state index in [9.17, 15) is 0 Å². The van der Waals surface area contributed by atoms with Crippen LogP contribution in [0.25, 0.3) is 45.6 Å². The molecule has 0 radical (unpaired) electrons. The zero-order valence-electron chi connectivity index (χ0n) is 32.3. The highest BCUT2D eigenvalue weighted by atomic mass is 15.2. The number of anilines is 4. The lowest BCUT2D eigenvalue weighted by Gasteiger charge is -2.30. The van der Waals surface area contributed by atoms with Gasteiger partial charge in [0.2, 0.25) is 0 Å².